The van der Waals surface area contributed by atoms with E-state index in [1.165, 1.54) is 17.5 Å². The number of carbonyl (C=O) groups is 1. The van der Waals surface area contributed by atoms with Gasteiger partial charge in [-0.15, -0.1) is 10.2 Å². The second-order valence-electron chi connectivity index (χ2n) is 3.75. The fourth-order valence-corrected chi connectivity index (χ4v) is 1.85. The molecule has 8 heteroatoms. The van der Waals surface area contributed by atoms with Crippen molar-refractivity contribution >= 4 is 28.2 Å². The molecule has 19 heavy (non-hydrogen) atoms. The van der Waals surface area contributed by atoms with Gasteiger partial charge in [0.15, 0.2) is 0 Å². The highest BCUT2D eigenvalue weighted by Gasteiger charge is 2.09. The first-order valence-electron chi connectivity index (χ1n) is 5.56. The van der Waals surface area contributed by atoms with Gasteiger partial charge >= 0.3 is 0 Å². The molecule has 0 saturated heterocycles. The summed E-state index contributed by atoms with van der Waals surface area (Å²) in [5.74, 6) is 0.419. The Morgan fingerprint density at radius 3 is 2.95 bits per heavy atom. The fraction of sp³-hybridized carbons (Fsp3) is 0.273. The number of nitrogens with one attached hydrogen (secondary N) is 1. The third-order valence-electron chi connectivity index (χ3n) is 2.42. The highest BCUT2D eigenvalue weighted by atomic mass is 32.1. The number of likely N-dealkylation sites (N-methyl/N-ethyl adjacent to an activating group) is 1. The van der Waals surface area contributed by atoms with Gasteiger partial charge in [-0.25, -0.2) is 4.98 Å². The zero-order chi connectivity index (χ0) is 13.7. The molecule has 0 saturated carbocycles. The van der Waals surface area contributed by atoms with Gasteiger partial charge in [0.2, 0.25) is 5.13 Å². The number of aliphatic hydroxyl groups excluding tert-OH is 1. The van der Waals surface area contributed by atoms with Crippen molar-refractivity contribution in [1.29, 1.82) is 0 Å². The molecule has 0 bridgehead atoms. The number of rotatable bonds is 5. The lowest BCUT2D eigenvalue weighted by Gasteiger charge is -2.16. The van der Waals surface area contributed by atoms with Gasteiger partial charge < -0.3 is 10.0 Å². The number of hydrogen-bond acceptors (Lipinski definition) is 7. The molecule has 0 aliphatic carbocycles. The van der Waals surface area contributed by atoms with Crippen LogP contribution in [0.15, 0.2) is 23.8 Å². The predicted molar refractivity (Wildman–Crippen MR) is 72.5 cm³/mol. The van der Waals surface area contributed by atoms with Gasteiger partial charge in [0.25, 0.3) is 5.91 Å². The molecule has 100 valence electrons. The van der Waals surface area contributed by atoms with Gasteiger partial charge in [-0.3, -0.25) is 10.1 Å². The maximum Gasteiger partial charge on any atom is 0.259 e. The Labute approximate surface area is 113 Å². The Morgan fingerprint density at radius 2 is 2.37 bits per heavy atom. The highest BCUT2D eigenvalue weighted by molar-refractivity contribution is 7.13. The van der Waals surface area contributed by atoms with E-state index >= 15 is 0 Å². The lowest BCUT2D eigenvalue weighted by molar-refractivity contribution is 0.102. The van der Waals surface area contributed by atoms with Crippen molar-refractivity contribution < 1.29 is 9.90 Å². The zero-order valence-electron chi connectivity index (χ0n) is 10.3. The smallest absolute Gasteiger partial charge is 0.259 e. The summed E-state index contributed by atoms with van der Waals surface area (Å²) in [4.78, 5) is 17.8. The Bertz CT molecular complexity index is 529. The third-order valence-corrected chi connectivity index (χ3v) is 3.02. The normalized spacial score (nSPS) is 10.2. The third kappa shape index (κ3) is 3.46. The number of amides is 1. The molecule has 0 fully saturated rings. The van der Waals surface area contributed by atoms with E-state index in [4.69, 9.17) is 5.11 Å². The second-order valence-corrected chi connectivity index (χ2v) is 4.58. The van der Waals surface area contributed by atoms with Crippen LogP contribution in [0.3, 0.4) is 0 Å². The first-order valence-corrected chi connectivity index (χ1v) is 6.44. The minimum atomic E-state index is -0.277. The number of hydrogen-bond donors (Lipinski definition) is 2. The summed E-state index contributed by atoms with van der Waals surface area (Å²) >= 11 is 1.25. The van der Waals surface area contributed by atoms with Crippen LogP contribution >= 0.6 is 11.3 Å². The van der Waals surface area contributed by atoms with Crippen LogP contribution in [0.4, 0.5) is 10.9 Å². The van der Waals surface area contributed by atoms with Crippen LogP contribution in [0.2, 0.25) is 0 Å². The molecule has 2 aromatic heterocycles. The van der Waals surface area contributed by atoms with Crippen LogP contribution in [-0.2, 0) is 0 Å². The van der Waals surface area contributed by atoms with Crippen molar-refractivity contribution in [2.24, 2.45) is 0 Å². The number of anilines is 2. The standard InChI is InChI=1S/C11H13N5O2S/c1-16(4-5-17)9-3-2-8(6-12-9)10(18)14-11-15-13-7-19-11/h2-3,6-7,17H,4-5H2,1H3,(H,14,15,18). The van der Waals surface area contributed by atoms with Crippen LogP contribution in [0.1, 0.15) is 10.4 Å². The summed E-state index contributed by atoms with van der Waals surface area (Å²) in [5, 5.41) is 19.3. The van der Waals surface area contributed by atoms with E-state index < -0.39 is 0 Å². The van der Waals surface area contributed by atoms with Crippen LogP contribution in [0.25, 0.3) is 0 Å². The minimum Gasteiger partial charge on any atom is -0.395 e. The molecule has 1 amide bonds. The van der Waals surface area contributed by atoms with Gasteiger partial charge in [0, 0.05) is 19.8 Å². The average Bonchev–Trinajstić information content (AvgIpc) is 2.92. The maximum absolute atomic E-state index is 11.9. The van der Waals surface area contributed by atoms with Crippen molar-refractivity contribution in [3.8, 4) is 0 Å². The zero-order valence-corrected chi connectivity index (χ0v) is 11.1. The molecule has 2 aromatic rings. The van der Waals surface area contributed by atoms with E-state index in [0.717, 1.165) is 0 Å². The minimum absolute atomic E-state index is 0.0530. The molecule has 2 rings (SSSR count). The van der Waals surface area contributed by atoms with Gasteiger partial charge in [0.1, 0.15) is 11.3 Å². The van der Waals surface area contributed by atoms with Crippen LogP contribution in [0, 0.1) is 0 Å². The first kappa shape index (κ1) is 13.4. The summed E-state index contributed by atoms with van der Waals surface area (Å²) in [7, 11) is 1.82. The topological polar surface area (TPSA) is 91.2 Å². The molecule has 0 radical (unpaired) electrons. The van der Waals surface area contributed by atoms with E-state index in [1.807, 2.05) is 7.05 Å². The monoisotopic (exact) mass is 279 g/mol. The first-order chi connectivity index (χ1) is 9.20. The largest absolute Gasteiger partial charge is 0.395 e. The van der Waals surface area contributed by atoms with E-state index in [9.17, 15) is 4.79 Å². The SMILES string of the molecule is CN(CCO)c1ccc(C(=O)Nc2nncs2)cn1. The lowest BCUT2D eigenvalue weighted by Crippen LogP contribution is -2.22. The predicted octanol–water partition coefficient (Wildman–Crippen LogP) is 0.614. The van der Waals surface area contributed by atoms with Gasteiger partial charge in [-0.05, 0) is 12.1 Å². The van der Waals surface area contributed by atoms with Gasteiger partial charge in [-0.1, -0.05) is 11.3 Å². The molecule has 2 N–H and O–H groups in total. The summed E-state index contributed by atoms with van der Waals surface area (Å²) in [5.41, 5.74) is 1.98. The Balaban J connectivity index is 2.03. The molecule has 0 atom stereocenters. The number of aromatic nitrogens is 3. The summed E-state index contributed by atoms with van der Waals surface area (Å²) in [6.07, 6.45) is 1.49. The van der Waals surface area contributed by atoms with Crippen LogP contribution < -0.4 is 10.2 Å². The molecule has 0 aliphatic rings. The number of pyridine rings is 1. The quantitative estimate of drug-likeness (QED) is 0.833. The molecule has 0 unspecified atom stereocenters. The van der Waals surface area contributed by atoms with E-state index in [0.29, 0.717) is 23.1 Å². The van der Waals surface area contributed by atoms with Gasteiger partial charge in [0.05, 0.1) is 12.2 Å². The second kappa shape index (κ2) is 6.21. The van der Waals surface area contributed by atoms with Gasteiger partial charge in [-0.2, -0.15) is 0 Å². The summed E-state index contributed by atoms with van der Waals surface area (Å²) in [6.45, 7) is 0.542. The Hall–Kier alpha value is -2.06. The molecule has 2 heterocycles. The molecule has 0 spiro atoms. The highest BCUT2D eigenvalue weighted by Crippen LogP contribution is 2.12. The Kier molecular flexibility index (Phi) is 4.37. The molecule has 0 aromatic carbocycles. The van der Waals surface area contributed by atoms with E-state index in [1.54, 1.807) is 22.5 Å². The molecular formula is C11H13N5O2S. The van der Waals surface area contributed by atoms with Crippen LogP contribution in [0.5, 0.6) is 0 Å². The average molecular weight is 279 g/mol. The van der Waals surface area contributed by atoms with Crippen molar-refractivity contribution in [1.82, 2.24) is 15.2 Å². The molecule has 7 nitrogen and oxygen atoms in total. The van der Waals surface area contributed by atoms with Crippen LogP contribution in [-0.4, -0.2) is 46.4 Å². The van der Waals surface area contributed by atoms with Crippen molar-refractivity contribution in [3.05, 3.63) is 29.4 Å². The summed E-state index contributed by atoms with van der Waals surface area (Å²) in [6, 6.07) is 3.40. The Morgan fingerprint density at radius 1 is 1.53 bits per heavy atom. The number of nitrogens with zero attached hydrogens (tertiary/aromatic N) is 4. The van der Waals surface area contributed by atoms with E-state index in [-0.39, 0.29) is 12.5 Å². The lowest BCUT2D eigenvalue weighted by atomic mass is 10.2. The fourth-order valence-electron chi connectivity index (χ4n) is 1.41. The van der Waals surface area contributed by atoms with E-state index in [2.05, 4.69) is 20.5 Å². The van der Waals surface area contributed by atoms with Crippen molar-refractivity contribution in [2.75, 3.05) is 30.4 Å². The number of aliphatic hydroxyl groups is 1. The molecular weight excluding hydrogens is 266 g/mol. The molecule has 0 aliphatic heterocycles. The maximum atomic E-state index is 11.9. The van der Waals surface area contributed by atoms with Crippen molar-refractivity contribution in [2.45, 2.75) is 0 Å². The summed E-state index contributed by atoms with van der Waals surface area (Å²) < 4.78 is 0. The number of carbonyl (C=O) groups excluding carboxylic acids is 1. The van der Waals surface area contributed by atoms with Crippen molar-refractivity contribution in [3.63, 3.8) is 0 Å².